The molecule has 2 rings (SSSR count). The summed E-state index contributed by atoms with van der Waals surface area (Å²) >= 11 is 0. The SMILES string of the molecule is CCOc1cccc(CNC)c1OCC(=O)NCC1CC1. The van der Waals surface area contributed by atoms with Crippen molar-refractivity contribution in [1.29, 1.82) is 0 Å². The predicted molar refractivity (Wildman–Crippen MR) is 81.6 cm³/mol. The van der Waals surface area contributed by atoms with Crippen LogP contribution in [-0.2, 0) is 11.3 Å². The van der Waals surface area contributed by atoms with Gasteiger partial charge in [-0.05, 0) is 38.8 Å². The first-order valence-electron chi connectivity index (χ1n) is 7.53. The number of carbonyl (C=O) groups is 1. The Morgan fingerprint density at radius 2 is 2.14 bits per heavy atom. The fraction of sp³-hybridized carbons (Fsp3) is 0.562. The molecule has 0 aliphatic heterocycles. The molecule has 1 aromatic carbocycles. The molecule has 21 heavy (non-hydrogen) atoms. The minimum Gasteiger partial charge on any atom is -0.490 e. The highest BCUT2D eigenvalue weighted by Gasteiger charge is 2.21. The molecular formula is C16H24N2O3. The molecule has 1 amide bonds. The Hall–Kier alpha value is -1.75. The summed E-state index contributed by atoms with van der Waals surface area (Å²) in [6.45, 7) is 3.94. The van der Waals surface area contributed by atoms with Crippen LogP contribution >= 0.6 is 0 Å². The molecule has 116 valence electrons. The van der Waals surface area contributed by atoms with E-state index in [1.807, 2.05) is 32.2 Å². The predicted octanol–water partition coefficient (Wildman–Crippen LogP) is 1.71. The average Bonchev–Trinajstić information content (AvgIpc) is 3.29. The summed E-state index contributed by atoms with van der Waals surface area (Å²) in [4.78, 5) is 11.8. The van der Waals surface area contributed by atoms with Crippen molar-refractivity contribution in [2.75, 3.05) is 26.8 Å². The van der Waals surface area contributed by atoms with E-state index in [1.165, 1.54) is 12.8 Å². The van der Waals surface area contributed by atoms with Crippen LogP contribution in [0.2, 0.25) is 0 Å². The lowest BCUT2D eigenvalue weighted by atomic mass is 10.2. The van der Waals surface area contributed by atoms with Gasteiger partial charge in [0.2, 0.25) is 0 Å². The monoisotopic (exact) mass is 292 g/mol. The van der Waals surface area contributed by atoms with Gasteiger partial charge in [0, 0.05) is 18.7 Å². The third-order valence-corrected chi connectivity index (χ3v) is 3.36. The van der Waals surface area contributed by atoms with Gasteiger partial charge in [-0.3, -0.25) is 4.79 Å². The summed E-state index contributed by atoms with van der Waals surface area (Å²) in [6, 6.07) is 5.76. The number of nitrogens with one attached hydrogen (secondary N) is 2. The molecule has 0 radical (unpaired) electrons. The molecule has 1 aliphatic rings. The number of benzene rings is 1. The molecule has 0 heterocycles. The quantitative estimate of drug-likeness (QED) is 0.727. The van der Waals surface area contributed by atoms with Gasteiger partial charge in [0.1, 0.15) is 0 Å². The third-order valence-electron chi connectivity index (χ3n) is 3.36. The van der Waals surface area contributed by atoms with Crippen LogP contribution in [0.4, 0.5) is 0 Å². The second-order valence-electron chi connectivity index (χ2n) is 5.24. The van der Waals surface area contributed by atoms with E-state index in [4.69, 9.17) is 9.47 Å². The molecular weight excluding hydrogens is 268 g/mol. The molecule has 1 aliphatic carbocycles. The van der Waals surface area contributed by atoms with Crippen LogP contribution in [0, 0.1) is 5.92 Å². The number of para-hydroxylation sites is 1. The van der Waals surface area contributed by atoms with Crippen LogP contribution in [0.1, 0.15) is 25.3 Å². The second kappa shape index (κ2) is 7.88. The summed E-state index contributed by atoms with van der Waals surface area (Å²) in [7, 11) is 1.87. The van der Waals surface area contributed by atoms with Crippen molar-refractivity contribution in [3.63, 3.8) is 0 Å². The Kier molecular flexibility index (Phi) is 5.87. The van der Waals surface area contributed by atoms with E-state index in [2.05, 4.69) is 10.6 Å². The van der Waals surface area contributed by atoms with Crippen LogP contribution in [0.15, 0.2) is 18.2 Å². The molecule has 0 spiro atoms. The van der Waals surface area contributed by atoms with E-state index in [1.54, 1.807) is 0 Å². The largest absolute Gasteiger partial charge is 0.490 e. The van der Waals surface area contributed by atoms with E-state index >= 15 is 0 Å². The van der Waals surface area contributed by atoms with Crippen molar-refractivity contribution >= 4 is 5.91 Å². The molecule has 1 saturated carbocycles. The van der Waals surface area contributed by atoms with Gasteiger partial charge in [0.25, 0.3) is 5.91 Å². The Morgan fingerprint density at radius 1 is 1.33 bits per heavy atom. The first-order valence-corrected chi connectivity index (χ1v) is 7.53. The zero-order valence-electron chi connectivity index (χ0n) is 12.8. The van der Waals surface area contributed by atoms with E-state index in [0.29, 0.717) is 30.6 Å². The minimum atomic E-state index is -0.0800. The van der Waals surface area contributed by atoms with Gasteiger partial charge in [-0.2, -0.15) is 0 Å². The minimum absolute atomic E-state index is 0.0214. The Labute approximate surface area is 126 Å². The highest BCUT2D eigenvalue weighted by molar-refractivity contribution is 5.77. The lowest BCUT2D eigenvalue weighted by Crippen LogP contribution is -2.30. The maximum absolute atomic E-state index is 11.8. The summed E-state index contributed by atoms with van der Waals surface area (Å²) in [5.41, 5.74) is 0.985. The highest BCUT2D eigenvalue weighted by Crippen LogP contribution is 2.31. The number of rotatable bonds is 9. The van der Waals surface area contributed by atoms with E-state index < -0.39 is 0 Å². The zero-order chi connectivity index (χ0) is 15.1. The molecule has 2 N–H and O–H groups in total. The number of hydrogen-bond acceptors (Lipinski definition) is 4. The molecule has 0 aromatic heterocycles. The Balaban J connectivity index is 1.96. The Bertz CT molecular complexity index is 448. The number of carbonyl (C=O) groups excluding carboxylic acids is 1. The van der Waals surface area contributed by atoms with Gasteiger partial charge in [-0.1, -0.05) is 12.1 Å². The van der Waals surface area contributed by atoms with E-state index in [9.17, 15) is 4.79 Å². The lowest BCUT2D eigenvalue weighted by molar-refractivity contribution is -0.123. The van der Waals surface area contributed by atoms with Crippen molar-refractivity contribution in [3.8, 4) is 11.5 Å². The molecule has 0 atom stereocenters. The van der Waals surface area contributed by atoms with Crippen molar-refractivity contribution in [1.82, 2.24) is 10.6 Å². The van der Waals surface area contributed by atoms with Crippen molar-refractivity contribution in [3.05, 3.63) is 23.8 Å². The third kappa shape index (κ3) is 4.93. The molecule has 0 saturated heterocycles. The number of amides is 1. The van der Waals surface area contributed by atoms with E-state index in [0.717, 1.165) is 12.1 Å². The molecule has 0 unspecified atom stereocenters. The lowest BCUT2D eigenvalue weighted by Gasteiger charge is -2.15. The Morgan fingerprint density at radius 3 is 2.81 bits per heavy atom. The summed E-state index contributed by atoms with van der Waals surface area (Å²) in [5, 5.41) is 5.99. The van der Waals surface area contributed by atoms with Gasteiger partial charge in [-0.25, -0.2) is 0 Å². The number of ether oxygens (including phenoxy) is 2. The van der Waals surface area contributed by atoms with Crippen molar-refractivity contribution in [2.24, 2.45) is 5.92 Å². The van der Waals surface area contributed by atoms with Gasteiger partial charge < -0.3 is 20.1 Å². The van der Waals surface area contributed by atoms with Crippen LogP contribution in [0.3, 0.4) is 0 Å². The molecule has 0 bridgehead atoms. The van der Waals surface area contributed by atoms with Crippen LogP contribution in [0.25, 0.3) is 0 Å². The first kappa shape index (κ1) is 15.6. The summed E-state index contributed by atoms with van der Waals surface area (Å²) in [5.74, 6) is 1.92. The van der Waals surface area contributed by atoms with Gasteiger partial charge in [0.05, 0.1) is 6.61 Å². The van der Waals surface area contributed by atoms with Crippen LogP contribution in [-0.4, -0.2) is 32.7 Å². The van der Waals surface area contributed by atoms with Crippen LogP contribution < -0.4 is 20.1 Å². The standard InChI is InChI=1S/C16H24N2O3/c1-3-20-14-6-4-5-13(10-17-2)16(14)21-11-15(19)18-9-12-7-8-12/h4-6,12,17H,3,7-11H2,1-2H3,(H,18,19). The van der Waals surface area contributed by atoms with Crippen molar-refractivity contribution < 1.29 is 14.3 Å². The second-order valence-corrected chi connectivity index (χ2v) is 5.24. The average molecular weight is 292 g/mol. The maximum atomic E-state index is 11.8. The topological polar surface area (TPSA) is 59.6 Å². The zero-order valence-corrected chi connectivity index (χ0v) is 12.8. The van der Waals surface area contributed by atoms with Crippen molar-refractivity contribution in [2.45, 2.75) is 26.3 Å². The fourth-order valence-electron chi connectivity index (χ4n) is 2.09. The molecule has 1 aromatic rings. The van der Waals surface area contributed by atoms with Gasteiger partial charge >= 0.3 is 0 Å². The van der Waals surface area contributed by atoms with Crippen LogP contribution in [0.5, 0.6) is 11.5 Å². The maximum Gasteiger partial charge on any atom is 0.257 e. The molecule has 1 fully saturated rings. The smallest absolute Gasteiger partial charge is 0.257 e. The van der Waals surface area contributed by atoms with E-state index in [-0.39, 0.29) is 12.5 Å². The molecule has 5 nitrogen and oxygen atoms in total. The first-order chi connectivity index (χ1) is 10.2. The normalized spacial score (nSPS) is 13.8. The summed E-state index contributed by atoms with van der Waals surface area (Å²) in [6.07, 6.45) is 2.45. The van der Waals surface area contributed by atoms with Gasteiger partial charge in [0.15, 0.2) is 18.1 Å². The fourth-order valence-corrected chi connectivity index (χ4v) is 2.09. The molecule has 5 heteroatoms. The van der Waals surface area contributed by atoms with Gasteiger partial charge in [-0.15, -0.1) is 0 Å². The highest BCUT2D eigenvalue weighted by atomic mass is 16.5. The number of hydrogen-bond donors (Lipinski definition) is 2. The summed E-state index contributed by atoms with van der Waals surface area (Å²) < 4.78 is 11.3.